The Morgan fingerprint density at radius 3 is 2.72 bits per heavy atom. The van der Waals surface area contributed by atoms with E-state index >= 15 is 0 Å². The summed E-state index contributed by atoms with van der Waals surface area (Å²) in [7, 11) is 1.65. The maximum absolute atomic E-state index is 9.28. The van der Waals surface area contributed by atoms with Gasteiger partial charge < -0.3 is 19.9 Å². The summed E-state index contributed by atoms with van der Waals surface area (Å²) in [5.41, 5.74) is 0.996. The van der Waals surface area contributed by atoms with Crippen LogP contribution in [0.1, 0.15) is 25.3 Å². The van der Waals surface area contributed by atoms with Crippen molar-refractivity contribution in [1.29, 1.82) is 0 Å². The molecule has 0 heterocycles. The molecule has 0 radical (unpaired) electrons. The lowest BCUT2D eigenvalue weighted by Gasteiger charge is -2.17. The van der Waals surface area contributed by atoms with E-state index < -0.39 is 0 Å². The third kappa shape index (κ3) is 2.76. The van der Waals surface area contributed by atoms with Gasteiger partial charge >= 0.3 is 0 Å². The van der Waals surface area contributed by atoms with E-state index in [2.05, 4.69) is 5.32 Å². The number of para-hydroxylation sites is 1. The number of rotatable bonds is 7. The van der Waals surface area contributed by atoms with Gasteiger partial charge in [0.15, 0.2) is 11.5 Å². The molecule has 0 spiro atoms. The summed E-state index contributed by atoms with van der Waals surface area (Å²) >= 11 is 0. The Kier molecular flexibility index (Phi) is 4.09. The molecular weight excluding hydrogens is 230 g/mol. The molecule has 2 N–H and O–H groups in total. The van der Waals surface area contributed by atoms with Crippen LogP contribution in [-0.2, 0) is 6.54 Å². The maximum Gasteiger partial charge on any atom is 0.165 e. The van der Waals surface area contributed by atoms with Gasteiger partial charge in [0.2, 0.25) is 0 Å². The van der Waals surface area contributed by atoms with Crippen molar-refractivity contribution in [1.82, 2.24) is 5.32 Å². The summed E-state index contributed by atoms with van der Waals surface area (Å²) in [6.45, 7) is 3.45. The fourth-order valence-electron chi connectivity index (χ4n) is 2.03. The van der Waals surface area contributed by atoms with E-state index in [1.807, 2.05) is 25.1 Å². The van der Waals surface area contributed by atoms with E-state index in [4.69, 9.17) is 9.47 Å². The van der Waals surface area contributed by atoms with Crippen molar-refractivity contribution < 1.29 is 14.6 Å². The van der Waals surface area contributed by atoms with Gasteiger partial charge in [0.05, 0.1) is 20.3 Å². The van der Waals surface area contributed by atoms with E-state index in [0.29, 0.717) is 13.2 Å². The molecule has 2 rings (SSSR count). The Hall–Kier alpha value is -1.26. The first-order valence-corrected chi connectivity index (χ1v) is 6.39. The normalized spacial score (nSPS) is 16.4. The van der Waals surface area contributed by atoms with Crippen molar-refractivity contribution in [2.75, 3.05) is 20.3 Å². The molecule has 100 valence electrons. The molecule has 0 aliphatic heterocycles. The van der Waals surface area contributed by atoms with Gasteiger partial charge in [-0.2, -0.15) is 0 Å². The number of aliphatic hydroxyl groups is 1. The molecule has 4 nitrogen and oxygen atoms in total. The highest BCUT2D eigenvalue weighted by molar-refractivity contribution is 5.46. The fraction of sp³-hybridized carbons (Fsp3) is 0.571. The third-order valence-electron chi connectivity index (χ3n) is 3.37. The molecule has 0 bridgehead atoms. The highest BCUT2D eigenvalue weighted by Gasteiger charge is 2.41. The molecule has 1 saturated carbocycles. The second-order valence-electron chi connectivity index (χ2n) is 4.67. The first-order chi connectivity index (χ1) is 8.74. The Balaban J connectivity index is 2.09. The van der Waals surface area contributed by atoms with Crippen LogP contribution in [0.3, 0.4) is 0 Å². The highest BCUT2D eigenvalue weighted by Crippen LogP contribution is 2.36. The summed E-state index contributed by atoms with van der Waals surface area (Å²) in [5.74, 6) is 1.55. The van der Waals surface area contributed by atoms with Crippen molar-refractivity contribution in [3.63, 3.8) is 0 Å². The zero-order valence-corrected chi connectivity index (χ0v) is 11.0. The molecule has 0 unspecified atom stereocenters. The van der Waals surface area contributed by atoms with Gasteiger partial charge in [-0.05, 0) is 25.8 Å². The van der Waals surface area contributed by atoms with Gasteiger partial charge in [-0.3, -0.25) is 0 Å². The Labute approximate surface area is 108 Å². The molecule has 0 aromatic heterocycles. The van der Waals surface area contributed by atoms with Crippen molar-refractivity contribution in [3.05, 3.63) is 23.8 Å². The Morgan fingerprint density at radius 2 is 2.17 bits per heavy atom. The van der Waals surface area contributed by atoms with Gasteiger partial charge in [-0.1, -0.05) is 12.1 Å². The average Bonchev–Trinajstić information content (AvgIpc) is 3.17. The zero-order valence-electron chi connectivity index (χ0n) is 11.0. The lowest BCUT2D eigenvalue weighted by atomic mass is 10.1. The molecule has 0 saturated heterocycles. The number of aliphatic hydroxyl groups excluding tert-OH is 1. The van der Waals surface area contributed by atoms with E-state index in [1.165, 1.54) is 0 Å². The first kappa shape index (κ1) is 13.2. The minimum Gasteiger partial charge on any atom is -0.493 e. The van der Waals surface area contributed by atoms with E-state index in [9.17, 15) is 5.11 Å². The second-order valence-corrected chi connectivity index (χ2v) is 4.67. The lowest BCUT2D eigenvalue weighted by molar-refractivity contribution is 0.229. The molecule has 0 amide bonds. The third-order valence-corrected chi connectivity index (χ3v) is 3.37. The molecule has 18 heavy (non-hydrogen) atoms. The standard InChI is InChI=1S/C14H21NO3/c1-3-18-12-6-4-5-11(13(12)17-2)9-15-14(10-16)7-8-14/h4-6,15-16H,3,7-10H2,1-2H3. The predicted molar refractivity (Wildman–Crippen MR) is 70.1 cm³/mol. The number of methoxy groups -OCH3 is 1. The molecule has 4 heteroatoms. The largest absolute Gasteiger partial charge is 0.493 e. The summed E-state index contributed by atoms with van der Waals surface area (Å²) in [4.78, 5) is 0. The second kappa shape index (κ2) is 5.59. The van der Waals surface area contributed by atoms with Crippen LogP contribution in [-0.4, -0.2) is 31.0 Å². The van der Waals surface area contributed by atoms with Crippen LogP contribution < -0.4 is 14.8 Å². The van der Waals surface area contributed by atoms with Gasteiger partial charge in [0, 0.05) is 17.6 Å². The van der Waals surface area contributed by atoms with E-state index in [0.717, 1.165) is 29.9 Å². The number of hydrogen-bond donors (Lipinski definition) is 2. The average molecular weight is 251 g/mol. The zero-order chi connectivity index (χ0) is 13.0. The van der Waals surface area contributed by atoms with Gasteiger partial charge in [0.25, 0.3) is 0 Å². The SMILES string of the molecule is CCOc1cccc(CNC2(CO)CC2)c1OC. The fourth-order valence-corrected chi connectivity index (χ4v) is 2.03. The van der Waals surface area contributed by atoms with Crippen LogP contribution in [0.25, 0.3) is 0 Å². The van der Waals surface area contributed by atoms with Crippen LogP contribution in [0.5, 0.6) is 11.5 Å². The van der Waals surface area contributed by atoms with Crippen LogP contribution in [0, 0.1) is 0 Å². The van der Waals surface area contributed by atoms with Crippen LogP contribution in [0.2, 0.25) is 0 Å². The molecule has 0 atom stereocenters. The Bertz CT molecular complexity index is 402. The first-order valence-electron chi connectivity index (χ1n) is 6.39. The Morgan fingerprint density at radius 1 is 1.39 bits per heavy atom. The van der Waals surface area contributed by atoms with Crippen LogP contribution >= 0.6 is 0 Å². The quantitative estimate of drug-likeness (QED) is 0.774. The van der Waals surface area contributed by atoms with Gasteiger partial charge in [0.1, 0.15) is 0 Å². The molecule has 1 aliphatic rings. The minimum atomic E-state index is -0.0629. The van der Waals surface area contributed by atoms with E-state index in [-0.39, 0.29) is 12.1 Å². The van der Waals surface area contributed by atoms with Crippen molar-refractivity contribution in [2.24, 2.45) is 0 Å². The number of hydrogen-bond acceptors (Lipinski definition) is 4. The van der Waals surface area contributed by atoms with Crippen molar-refractivity contribution in [3.8, 4) is 11.5 Å². The van der Waals surface area contributed by atoms with Crippen molar-refractivity contribution >= 4 is 0 Å². The van der Waals surface area contributed by atoms with Crippen LogP contribution in [0.4, 0.5) is 0 Å². The summed E-state index contributed by atoms with van der Waals surface area (Å²) in [6, 6.07) is 5.88. The molecule has 1 fully saturated rings. The lowest BCUT2D eigenvalue weighted by Crippen LogP contribution is -2.34. The predicted octanol–water partition coefficient (Wildman–Crippen LogP) is 1.71. The molecular formula is C14H21NO3. The van der Waals surface area contributed by atoms with Gasteiger partial charge in [-0.15, -0.1) is 0 Å². The monoisotopic (exact) mass is 251 g/mol. The molecule has 1 aromatic rings. The minimum absolute atomic E-state index is 0.0629. The summed E-state index contributed by atoms with van der Waals surface area (Å²) in [6.07, 6.45) is 2.08. The highest BCUT2D eigenvalue weighted by atomic mass is 16.5. The topological polar surface area (TPSA) is 50.7 Å². The maximum atomic E-state index is 9.28. The molecule has 1 aliphatic carbocycles. The molecule has 1 aromatic carbocycles. The number of nitrogens with one attached hydrogen (secondary N) is 1. The van der Waals surface area contributed by atoms with Gasteiger partial charge in [-0.25, -0.2) is 0 Å². The van der Waals surface area contributed by atoms with Crippen molar-refractivity contribution in [2.45, 2.75) is 31.8 Å². The summed E-state index contributed by atoms with van der Waals surface area (Å²) < 4.78 is 11.0. The smallest absolute Gasteiger partial charge is 0.165 e. The van der Waals surface area contributed by atoms with E-state index in [1.54, 1.807) is 7.11 Å². The summed E-state index contributed by atoms with van der Waals surface area (Å²) in [5, 5.41) is 12.7. The number of ether oxygens (including phenoxy) is 2. The number of benzene rings is 1. The van der Waals surface area contributed by atoms with Crippen LogP contribution in [0.15, 0.2) is 18.2 Å².